The maximum absolute atomic E-state index is 14.5. The van der Waals surface area contributed by atoms with Crippen LogP contribution in [-0.4, -0.2) is 48.1 Å². The number of pyridine rings is 2. The molecule has 0 radical (unpaired) electrons. The van der Waals surface area contributed by atoms with E-state index in [1.165, 1.54) is 42.1 Å². The summed E-state index contributed by atoms with van der Waals surface area (Å²) in [6.45, 7) is 4.75. The molecule has 1 atom stereocenters. The van der Waals surface area contributed by atoms with Crippen molar-refractivity contribution >= 4 is 17.2 Å². The van der Waals surface area contributed by atoms with Crippen LogP contribution in [0, 0.1) is 17.0 Å². The van der Waals surface area contributed by atoms with E-state index in [-0.39, 0.29) is 18.8 Å². The number of nitro benzene ring substituents is 1. The largest absolute Gasteiger partial charge is 0.462 e. The van der Waals surface area contributed by atoms with Crippen LogP contribution in [0.5, 0.6) is 0 Å². The van der Waals surface area contributed by atoms with Gasteiger partial charge >= 0.3 is 12.1 Å². The fourth-order valence-corrected chi connectivity index (χ4v) is 5.13. The summed E-state index contributed by atoms with van der Waals surface area (Å²) < 4.78 is 57.5. The van der Waals surface area contributed by atoms with Gasteiger partial charge in [-0.05, 0) is 73.9 Å². The molecule has 1 aromatic carbocycles. The average Bonchev–Trinajstić information content (AvgIpc) is 3.62. The molecular weight excluding hydrogens is 593 g/mol. The molecule has 234 valence electrons. The van der Waals surface area contributed by atoms with E-state index in [2.05, 4.69) is 15.3 Å². The van der Waals surface area contributed by atoms with Gasteiger partial charge in [0.05, 0.1) is 42.1 Å². The summed E-state index contributed by atoms with van der Waals surface area (Å²) in [5, 5.41) is 18.7. The zero-order valence-electron chi connectivity index (χ0n) is 24.6. The van der Waals surface area contributed by atoms with Crippen LogP contribution in [-0.2, 0) is 28.2 Å². The maximum Gasteiger partial charge on any atom is 0.423 e. The minimum Gasteiger partial charge on any atom is -0.462 e. The molecule has 0 amide bonds. The van der Waals surface area contributed by atoms with Gasteiger partial charge in [0.25, 0.3) is 5.69 Å². The Morgan fingerprint density at radius 1 is 1.04 bits per heavy atom. The molecule has 0 spiro atoms. The summed E-state index contributed by atoms with van der Waals surface area (Å²) >= 11 is 0. The van der Waals surface area contributed by atoms with Crippen molar-refractivity contribution in [3.05, 3.63) is 111 Å². The molecule has 0 N–H and O–H groups in total. The highest BCUT2D eigenvalue weighted by Crippen LogP contribution is 2.44. The van der Waals surface area contributed by atoms with E-state index < -0.39 is 41.4 Å². The Hall–Kier alpha value is -5.11. The maximum atomic E-state index is 14.5. The molecule has 0 saturated carbocycles. The lowest BCUT2D eigenvalue weighted by Crippen LogP contribution is -2.44. The summed E-state index contributed by atoms with van der Waals surface area (Å²) in [5.74, 6) is -0.482. The topological polar surface area (TPSA) is 127 Å². The predicted octanol–water partition coefficient (Wildman–Crippen LogP) is 6.42. The molecule has 0 aliphatic carbocycles. The second-order valence-electron chi connectivity index (χ2n) is 10.3. The van der Waals surface area contributed by atoms with Crippen molar-refractivity contribution < 1.29 is 32.4 Å². The molecule has 14 heteroatoms. The Kier molecular flexibility index (Phi) is 8.68. The molecule has 0 aliphatic rings. The number of hydrogen-bond acceptors (Lipinski definition) is 8. The van der Waals surface area contributed by atoms with Crippen molar-refractivity contribution in [2.75, 3.05) is 6.61 Å². The molecule has 11 nitrogen and oxygen atoms in total. The Morgan fingerprint density at radius 2 is 1.80 bits per heavy atom. The number of hydrogen-bond donors (Lipinski definition) is 0. The van der Waals surface area contributed by atoms with Gasteiger partial charge in [-0.15, -0.1) is 5.10 Å². The molecule has 5 rings (SSSR count). The van der Waals surface area contributed by atoms with Gasteiger partial charge < -0.3 is 13.9 Å². The number of carbonyl (C=O) groups excluding carboxylic acids is 1. The Morgan fingerprint density at radius 3 is 2.44 bits per heavy atom. The van der Waals surface area contributed by atoms with Gasteiger partial charge in [-0.25, -0.2) is 9.48 Å². The van der Waals surface area contributed by atoms with Gasteiger partial charge in [-0.1, -0.05) is 12.1 Å². The van der Waals surface area contributed by atoms with Crippen LogP contribution in [0.1, 0.15) is 53.1 Å². The van der Waals surface area contributed by atoms with E-state index in [1.54, 1.807) is 37.5 Å². The van der Waals surface area contributed by atoms with Crippen molar-refractivity contribution in [1.82, 2.24) is 24.4 Å². The van der Waals surface area contributed by atoms with Crippen LogP contribution in [0.2, 0.25) is 0 Å². The molecule has 0 aliphatic heterocycles. The van der Waals surface area contributed by atoms with E-state index in [0.29, 0.717) is 27.9 Å². The lowest BCUT2D eigenvalue weighted by molar-refractivity contribution is -0.384. The van der Waals surface area contributed by atoms with Crippen LogP contribution in [0.25, 0.3) is 16.8 Å². The van der Waals surface area contributed by atoms with Gasteiger partial charge in [0.15, 0.2) is 0 Å². The fourth-order valence-electron chi connectivity index (χ4n) is 5.13. The number of aromatic nitrogens is 5. The minimum atomic E-state index is -4.83. The Balaban J connectivity index is 1.44. The monoisotopic (exact) mass is 622 g/mol. The highest BCUT2D eigenvalue weighted by molar-refractivity contribution is 5.99. The summed E-state index contributed by atoms with van der Waals surface area (Å²) in [5.41, 5.74) is 0.892. The van der Waals surface area contributed by atoms with Crippen LogP contribution >= 0.6 is 0 Å². The van der Waals surface area contributed by atoms with Crippen molar-refractivity contribution in [3.63, 3.8) is 0 Å². The third kappa shape index (κ3) is 6.27. The number of aryl methyl sites for hydroxylation is 1. The normalized spacial score (nSPS) is 13.1. The number of fused-ring (bicyclic) bond motifs is 1. The Labute approximate surface area is 255 Å². The van der Waals surface area contributed by atoms with E-state index in [0.717, 1.165) is 11.3 Å². The van der Waals surface area contributed by atoms with Gasteiger partial charge in [0.1, 0.15) is 5.69 Å². The fraction of sp³-hybridized carbons (Fsp3) is 0.290. The smallest absolute Gasteiger partial charge is 0.423 e. The van der Waals surface area contributed by atoms with Gasteiger partial charge in [0, 0.05) is 41.3 Å². The zero-order chi connectivity index (χ0) is 32.4. The second kappa shape index (κ2) is 12.5. The van der Waals surface area contributed by atoms with Crippen molar-refractivity contribution in [2.45, 2.75) is 52.1 Å². The number of alkyl halides is 3. The molecule has 4 aromatic heterocycles. The van der Waals surface area contributed by atoms with Crippen LogP contribution in [0.3, 0.4) is 0 Å². The van der Waals surface area contributed by atoms with Crippen LogP contribution < -0.4 is 0 Å². The first kappa shape index (κ1) is 31.3. The number of nitro groups is 1. The first-order chi connectivity index (χ1) is 21.5. The highest BCUT2D eigenvalue weighted by atomic mass is 19.4. The number of esters is 1. The van der Waals surface area contributed by atoms with Gasteiger partial charge in [-0.2, -0.15) is 13.2 Å². The van der Waals surface area contributed by atoms with E-state index in [4.69, 9.17) is 9.47 Å². The van der Waals surface area contributed by atoms with E-state index in [1.807, 2.05) is 23.5 Å². The number of non-ortho nitro benzene ring substituents is 1. The number of benzene rings is 1. The third-order valence-electron chi connectivity index (χ3n) is 7.39. The first-order valence-corrected chi connectivity index (χ1v) is 14.0. The lowest BCUT2D eigenvalue weighted by atomic mass is 9.95. The SMILES string of the molecule is CCOC(=O)c1cc2cc(Cn3cc(C(CC)(OCc4ccc([N+](=O)[O-])cc4)C(F)(F)F)nn3)ccn2c1-c1ccnc(C)c1. The number of halogens is 3. The number of rotatable bonds is 11. The van der Waals surface area contributed by atoms with Crippen LogP contribution in [0.4, 0.5) is 18.9 Å². The molecule has 4 heterocycles. The summed E-state index contributed by atoms with van der Waals surface area (Å²) in [6.07, 6.45) is -0.686. The summed E-state index contributed by atoms with van der Waals surface area (Å²) in [7, 11) is 0. The van der Waals surface area contributed by atoms with E-state index in [9.17, 15) is 28.1 Å². The first-order valence-electron chi connectivity index (χ1n) is 14.0. The quantitative estimate of drug-likeness (QED) is 0.0939. The molecule has 0 fully saturated rings. The van der Waals surface area contributed by atoms with Gasteiger partial charge in [-0.3, -0.25) is 15.1 Å². The third-order valence-corrected chi connectivity index (χ3v) is 7.39. The molecule has 0 saturated heterocycles. The highest BCUT2D eigenvalue weighted by Gasteiger charge is 2.58. The Bertz CT molecular complexity index is 1850. The molecule has 1 unspecified atom stereocenters. The average molecular weight is 623 g/mol. The summed E-state index contributed by atoms with van der Waals surface area (Å²) in [4.78, 5) is 27.4. The number of nitrogens with zero attached hydrogens (tertiary/aromatic N) is 6. The molecular formula is C31H29F3N6O5. The standard InChI is InChI=1S/C31H29F3N6O5/c1-4-30(31(32,33)34,45-19-21-6-8-24(9-7-21)40(42)43)27-18-38(37-36-27)17-22-11-13-39-25(15-22)16-26(29(41)44-5-2)28(39)23-10-12-35-20(3)14-23/h6-16,18H,4-5,17,19H2,1-3H3. The summed E-state index contributed by atoms with van der Waals surface area (Å²) in [6, 6.07) is 14.1. The zero-order valence-corrected chi connectivity index (χ0v) is 24.6. The molecule has 5 aromatic rings. The van der Waals surface area contributed by atoms with E-state index >= 15 is 0 Å². The minimum absolute atomic E-state index is 0.0904. The van der Waals surface area contributed by atoms with Crippen molar-refractivity contribution in [2.24, 2.45) is 0 Å². The second-order valence-corrected chi connectivity index (χ2v) is 10.3. The predicted molar refractivity (Wildman–Crippen MR) is 156 cm³/mol. The number of ether oxygens (including phenoxy) is 2. The van der Waals surface area contributed by atoms with Crippen molar-refractivity contribution in [1.29, 1.82) is 0 Å². The van der Waals surface area contributed by atoms with Crippen LogP contribution in [0.15, 0.2) is 73.2 Å². The lowest BCUT2D eigenvalue weighted by Gasteiger charge is -2.33. The van der Waals surface area contributed by atoms with Crippen molar-refractivity contribution in [3.8, 4) is 11.3 Å². The molecule has 0 bridgehead atoms. The van der Waals surface area contributed by atoms with Gasteiger partial charge in [0.2, 0.25) is 5.60 Å². The number of carbonyl (C=O) groups is 1. The molecule has 45 heavy (non-hydrogen) atoms.